The average Bonchev–Trinajstić information content (AvgIpc) is 2.70. The first kappa shape index (κ1) is 10.2. The Labute approximate surface area is 94.8 Å². The van der Waals surface area contributed by atoms with E-state index in [1.165, 1.54) is 6.07 Å². The molecule has 15 heavy (non-hydrogen) atoms. The summed E-state index contributed by atoms with van der Waals surface area (Å²) < 4.78 is 13.4. The molecule has 0 aliphatic carbocycles. The molecule has 78 valence electrons. The highest BCUT2D eigenvalue weighted by Crippen LogP contribution is 2.24. The van der Waals surface area contributed by atoms with Crippen LogP contribution in [0, 0.1) is 5.82 Å². The second-order valence-corrected chi connectivity index (χ2v) is 3.90. The van der Waals surface area contributed by atoms with Crippen LogP contribution in [0.4, 0.5) is 10.2 Å². The van der Waals surface area contributed by atoms with E-state index in [4.69, 9.17) is 0 Å². The maximum Gasteiger partial charge on any atom is 0.148 e. The van der Waals surface area contributed by atoms with Gasteiger partial charge in [0.25, 0.3) is 0 Å². The largest absolute Gasteiger partial charge is 0.372 e. The molecular weight excluding hydrogens is 261 g/mol. The van der Waals surface area contributed by atoms with E-state index in [-0.39, 0.29) is 5.82 Å². The van der Waals surface area contributed by atoms with E-state index in [0.717, 1.165) is 17.1 Å². The van der Waals surface area contributed by atoms with E-state index < -0.39 is 0 Å². The van der Waals surface area contributed by atoms with Crippen molar-refractivity contribution in [1.82, 2.24) is 10.2 Å². The van der Waals surface area contributed by atoms with Crippen LogP contribution >= 0.6 is 15.9 Å². The molecule has 0 bridgehead atoms. The molecular formula is C10H9BrFN3. The van der Waals surface area contributed by atoms with Gasteiger partial charge in [-0.3, -0.25) is 5.10 Å². The van der Waals surface area contributed by atoms with Crippen LogP contribution in [-0.2, 0) is 0 Å². The maximum atomic E-state index is 13.0. The molecule has 2 aromatic rings. The summed E-state index contributed by atoms with van der Waals surface area (Å²) in [6.07, 6.45) is 0. The monoisotopic (exact) mass is 269 g/mol. The minimum Gasteiger partial charge on any atom is -0.372 e. The first-order chi connectivity index (χ1) is 7.20. The van der Waals surface area contributed by atoms with Gasteiger partial charge in [0.2, 0.25) is 0 Å². The predicted octanol–water partition coefficient (Wildman–Crippen LogP) is 3.02. The Balaban J connectivity index is 2.40. The topological polar surface area (TPSA) is 40.7 Å². The van der Waals surface area contributed by atoms with Crippen molar-refractivity contribution < 1.29 is 4.39 Å². The Bertz CT molecular complexity index is 481. The summed E-state index contributed by atoms with van der Waals surface area (Å²) >= 11 is 3.14. The van der Waals surface area contributed by atoms with E-state index in [0.29, 0.717) is 4.47 Å². The quantitative estimate of drug-likeness (QED) is 0.880. The van der Waals surface area contributed by atoms with Gasteiger partial charge < -0.3 is 5.32 Å². The number of hydrogen-bond donors (Lipinski definition) is 2. The van der Waals surface area contributed by atoms with Crippen molar-refractivity contribution in [2.24, 2.45) is 0 Å². The third-order valence-corrected chi connectivity index (χ3v) is 2.67. The number of nitrogens with one attached hydrogen (secondary N) is 2. The SMILES string of the molecule is CNc1cc(-c2ccc(F)c(Br)c2)[nH]n1. The maximum absolute atomic E-state index is 13.0. The fourth-order valence-corrected chi connectivity index (χ4v) is 1.64. The molecule has 0 atom stereocenters. The van der Waals surface area contributed by atoms with Gasteiger partial charge in [0.05, 0.1) is 10.2 Å². The Hall–Kier alpha value is -1.36. The van der Waals surface area contributed by atoms with E-state index in [9.17, 15) is 4.39 Å². The smallest absolute Gasteiger partial charge is 0.148 e. The van der Waals surface area contributed by atoms with Crippen LogP contribution < -0.4 is 5.32 Å². The molecule has 0 saturated carbocycles. The number of nitrogens with zero attached hydrogens (tertiary/aromatic N) is 1. The number of halogens is 2. The highest BCUT2D eigenvalue weighted by molar-refractivity contribution is 9.10. The van der Waals surface area contributed by atoms with Crippen LogP contribution in [0.25, 0.3) is 11.3 Å². The minimum atomic E-state index is -0.271. The van der Waals surface area contributed by atoms with Crippen molar-refractivity contribution in [3.8, 4) is 11.3 Å². The van der Waals surface area contributed by atoms with E-state index in [2.05, 4.69) is 31.4 Å². The molecule has 0 fully saturated rings. The van der Waals surface area contributed by atoms with Gasteiger partial charge in [0, 0.05) is 18.7 Å². The van der Waals surface area contributed by atoms with Gasteiger partial charge in [0.1, 0.15) is 11.6 Å². The summed E-state index contributed by atoms with van der Waals surface area (Å²) in [4.78, 5) is 0. The first-order valence-corrected chi connectivity index (χ1v) is 5.18. The molecule has 0 aliphatic rings. The van der Waals surface area contributed by atoms with Gasteiger partial charge in [-0.1, -0.05) is 0 Å². The Morgan fingerprint density at radius 1 is 1.40 bits per heavy atom. The molecule has 1 heterocycles. The van der Waals surface area contributed by atoms with Gasteiger partial charge >= 0.3 is 0 Å². The lowest BCUT2D eigenvalue weighted by molar-refractivity contribution is 0.621. The van der Waals surface area contributed by atoms with E-state index in [1.54, 1.807) is 19.2 Å². The molecule has 0 aliphatic heterocycles. The summed E-state index contributed by atoms with van der Waals surface area (Å²) in [5.74, 6) is 0.484. The number of aromatic nitrogens is 2. The zero-order valence-corrected chi connectivity index (χ0v) is 9.60. The zero-order valence-electron chi connectivity index (χ0n) is 8.01. The van der Waals surface area contributed by atoms with Crippen LogP contribution in [0.2, 0.25) is 0 Å². The summed E-state index contributed by atoms with van der Waals surface area (Å²) in [5, 5.41) is 9.80. The summed E-state index contributed by atoms with van der Waals surface area (Å²) in [5.41, 5.74) is 1.73. The lowest BCUT2D eigenvalue weighted by Gasteiger charge is -1.98. The van der Waals surface area contributed by atoms with Crippen molar-refractivity contribution in [3.05, 3.63) is 34.6 Å². The number of anilines is 1. The predicted molar refractivity (Wildman–Crippen MR) is 61.2 cm³/mol. The molecule has 0 saturated heterocycles. The fraction of sp³-hybridized carbons (Fsp3) is 0.100. The van der Waals surface area contributed by atoms with Crippen molar-refractivity contribution in [2.75, 3.05) is 12.4 Å². The number of benzene rings is 1. The van der Waals surface area contributed by atoms with Crippen molar-refractivity contribution in [3.63, 3.8) is 0 Å². The molecule has 2 N–H and O–H groups in total. The van der Waals surface area contributed by atoms with Gasteiger partial charge in [-0.15, -0.1) is 0 Å². The lowest BCUT2D eigenvalue weighted by Crippen LogP contribution is -1.85. The normalized spacial score (nSPS) is 10.3. The molecule has 1 aromatic heterocycles. The van der Waals surface area contributed by atoms with Crippen molar-refractivity contribution in [1.29, 1.82) is 0 Å². The number of rotatable bonds is 2. The van der Waals surface area contributed by atoms with Crippen LogP contribution in [-0.4, -0.2) is 17.2 Å². The molecule has 0 spiro atoms. The lowest BCUT2D eigenvalue weighted by atomic mass is 10.1. The number of hydrogen-bond acceptors (Lipinski definition) is 2. The third kappa shape index (κ3) is 2.02. The second kappa shape index (κ2) is 4.02. The number of aromatic amines is 1. The molecule has 1 aromatic carbocycles. The van der Waals surface area contributed by atoms with E-state index >= 15 is 0 Å². The fourth-order valence-electron chi connectivity index (χ4n) is 1.26. The minimum absolute atomic E-state index is 0.271. The molecule has 0 amide bonds. The van der Waals surface area contributed by atoms with Gasteiger partial charge in [-0.2, -0.15) is 5.10 Å². The molecule has 0 unspecified atom stereocenters. The summed E-state index contributed by atoms with van der Waals surface area (Å²) in [7, 11) is 1.79. The third-order valence-electron chi connectivity index (χ3n) is 2.06. The molecule has 0 radical (unpaired) electrons. The Morgan fingerprint density at radius 2 is 2.20 bits per heavy atom. The van der Waals surface area contributed by atoms with Crippen LogP contribution in [0.3, 0.4) is 0 Å². The van der Waals surface area contributed by atoms with Gasteiger partial charge in [0.15, 0.2) is 0 Å². The van der Waals surface area contributed by atoms with Crippen molar-refractivity contribution >= 4 is 21.7 Å². The molecule has 5 heteroatoms. The van der Waals surface area contributed by atoms with Crippen molar-refractivity contribution in [2.45, 2.75) is 0 Å². The van der Waals surface area contributed by atoms with Gasteiger partial charge in [-0.25, -0.2) is 4.39 Å². The van der Waals surface area contributed by atoms with Gasteiger partial charge in [-0.05, 0) is 34.1 Å². The number of H-pyrrole nitrogens is 1. The standard InChI is InChI=1S/C10H9BrFN3/c1-13-10-5-9(14-15-10)6-2-3-8(12)7(11)4-6/h2-5H,1H3,(H2,13,14,15). The summed E-state index contributed by atoms with van der Waals surface area (Å²) in [6, 6.07) is 6.69. The summed E-state index contributed by atoms with van der Waals surface area (Å²) in [6.45, 7) is 0. The zero-order chi connectivity index (χ0) is 10.8. The molecule has 2 rings (SSSR count). The molecule has 3 nitrogen and oxygen atoms in total. The average molecular weight is 270 g/mol. The van der Waals surface area contributed by atoms with Crippen LogP contribution in [0.5, 0.6) is 0 Å². The first-order valence-electron chi connectivity index (χ1n) is 4.39. The van der Waals surface area contributed by atoms with E-state index in [1.807, 2.05) is 6.07 Å². The second-order valence-electron chi connectivity index (χ2n) is 3.05. The Kier molecular flexibility index (Phi) is 2.73. The van der Waals surface area contributed by atoms with Crippen LogP contribution in [0.1, 0.15) is 0 Å². The highest BCUT2D eigenvalue weighted by atomic mass is 79.9. The Morgan fingerprint density at radius 3 is 2.80 bits per heavy atom. The highest BCUT2D eigenvalue weighted by Gasteiger charge is 2.05. The van der Waals surface area contributed by atoms with Crippen LogP contribution in [0.15, 0.2) is 28.7 Å².